The van der Waals surface area contributed by atoms with Crippen LogP contribution in [0.15, 0.2) is 6.07 Å². The number of anilines is 1. The van der Waals surface area contributed by atoms with Gasteiger partial charge in [0.1, 0.15) is 5.69 Å². The highest BCUT2D eigenvalue weighted by atomic mass is 32.2. The molecule has 0 atom stereocenters. The number of carbonyl (C=O) groups excluding carboxylic acids is 1. The molecule has 2 rings (SSSR count). The van der Waals surface area contributed by atoms with Crippen molar-refractivity contribution in [2.45, 2.75) is 13.3 Å². The minimum absolute atomic E-state index is 0.0134. The minimum atomic E-state index is 0.0134. The Morgan fingerprint density at radius 1 is 1.39 bits per heavy atom. The predicted octanol–water partition coefficient (Wildman–Crippen LogP) is 1.41. The maximum absolute atomic E-state index is 12.4. The summed E-state index contributed by atoms with van der Waals surface area (Å²) in [5, 5.41) is 2.88. The van der Waals surface area contributed by atoms with Crippen LogP contribution in [0.25, 0.3) is 0 Å². The lowest BCUT2D eigenvalue weighted by atomic mass is 10.3. The van der Waals surface area contributed by atoms with E-state index in [1.807, 2.05) is 23.6 Å². The summed E-state index contributed by atoms with van der Waals surface area (Å²) in [6.07, 6.45) is 1.05. The molecule has 18 heavy (non-hydrogen) atoms. The number of nitrogens with zero attached hydrogens (tertiary/aromatic N) is 3. The number of hydrogen-bond acceptors (Lipinski definition) is 5. The molecule has 1 fully saturated rings. The largest absolute Gasteiger partial charge is 0.357 e. The topological polar surface area (TPSA) is 58.1 Å². The van der Waals surface area contributed by atoms with Gasteiger partial charge in [-0.25, -0.2) is 9.97 Å². The molecule has 0 bridgehead atoms. The molecular weight excluding hydrogens is 248 g/mol. The maximum Gasteiger partial charge on any atom is 0.272 e. The highest BCUT2D eigenvalue weighted by Gasteiger charge is 2.19. The van der Waals surface area contributed by atoms with Crippen LogP contribution in [-0.4, -0.2) is 52.4 Å². The molecule has 98 valence electrons. The van der Waals surface area contributed by atoms with Gasteiger partial charge in [-0.2, -0.15) is 11.8 Å². The van der Waals surface area contributed by atoms with Crippen LogP contribution in [0.2, 0.25) is 0 Å². The van der Waals surface area contributed by atoms with Gasteiger partial charge in [0.15, 0.2) is 0 Å². The van der Waals surface area contributed by atoms with E-state index in [1.165, 1.54) is 0 Å². The second-order valence-corrected chi connectivity index (χ2v) is 5.45. The van der Waals surface area contributed by atoms with Crippen molar-refractivity contribution < 1.29 is 4.79 Å². The lowest BCUT2D eigenvalue weighted by molar-refractivity contribution is 0.0762. The van der Waals surface area contributed by atoms with Crippen molar-refractivity contribution in [3.8, 4) is 0 Å². The number of thioether (sulfide) groups is 1. The number of hydrogen-bond donors (Lipinski definition) is 1. The highest BCUT2D eigenvalue weighted by Crippen LogP contribution is 2.13. The molecule has 5 nitrogen and oxygen atoms in total. The Kier molecular flexibility index (Phi) is 4.41. The van der Waals surface area contributed by atoms with Crippen LogP contribution in [0.5, 0.6) is 0 Å². The van der Waals surface area contributed by atoms with Crippen LogP contribution in [0.3, 0.4) is 0 Å². The summed E-state index contributed by atoms with van der Waals surface area (Å²) in [5.74, 6) is 2.66. The van der Waals surface area contributed by atoms with Crippen LogP contribution >= 0.6 is 11.8 Å². The monoisotopic (exact) mass is 266 g/mol. The van der Waals surface area contributed by atoms with Gasteiger partial charge in [0, 0.05) is 31.6 Å². The molecule has 0 saturated carbocycles. The Morgan fingerprint density at radius 2 is 2.22 bits per heavy atom. The van der Waals surface area contributed by atoms with Crippen molar-refractivity contribution in [1.29, 1.82) is 0 Å². The summed E-state index contributed by atoms with van der Waals surface area (Å²) in [4.78, 5) is 22.7. The van der Waals surface area contributed by atoms with Crippen molar-refractivity contribution in [2.24, 2.45) is 0 Å². The fraction of sp³-hybridized carbons (Fsp3) is 0.583. The number of aryl methyl sites for hydroxylation is 1. The average molecular weight is 266 g/mol. The van der Waals surface area contributed by atoms with Crippen molar-refractivity contribution >= 4 is 23.6 Å². The predicted molar refractivity (Wildman–Crippen MR) is 74.2 cm³/mol. The zero-order valence-electron chi connectivity index (χ0n) is 10.8. The molecule has 1 amide bonds. The van der Waals surface area contributed by atoms with E-state index in [1.54, 1.807) is 13.1 Å². The minimum Gasteiger partial charge on any atom is -0.357 e. The van der Waals surface area contributed by atoms with E-state index in [9.17, 15) is 4.79 Å². The Bertz CT molecular complexity index is 430. The summed E-state index contributed by atoms with van der Waals surface area (Å²) in [7, 11) is 1.76. The van der Waals surface area contributed by atoms with Crippen LogP contribution in [-0.2, 0) is 0 Å². The summed E-state index contributed by atoms with van der Waals surface area (Å²) in [5.41, 5.74) is 1.29. The molecule has 1 aromatic heterocycles. The molecule has 1 aliphatic heterocycles. The van der Waals surface area contributed by atoms with Gasteiger partial charge in [-0.3, -0.25) is 4.79 Å². The van der Waals surface area contributed by atoms with E-state index in [-0.39, 0.29) is 5.91 Å². The molecule has 2 heterocycles. The molecule has 1 saturated heterocycles. The smallest absolute Gasteiger partial charge is 0.272 e. The first kappa shape index (κ1) is 13.1. The van der Waals surface area contributed by atoms with Gasteiger partial charge in [-0.05, 0) is 25.2 Å². The second-order valence-electron chi connectivity index (χ2n) is 4.23. The zero-order valence-corrected chi connectivity index (χ0v) is 11.6. The van der Waals surface area contributed by atoms with Crippen LogP contribution in [0, 0.1) is 6.92 Å². The van der Waals surface area contributed by atoms with Gasteiger partial charge >= 0.3 is 0 Å². The first-order valence-corrected chi connectivity index (χ1v) is 7.26. The van der Waals surface area contributed by atoms with Gasteiger partial charge in [-0.15, -0.1) is 0 Å². The lowest BCUT2D eigenvalue weighted by Crippen LogP contribution is -2.33. The van der Waals surface area contributed by atoms with E-state index in [2.05, 4.69) is 15.3 Å². The number of amides is 1. The fourth-order valence-corrected chi connectivity index (χ4v) is 2.79. The quantitative estimate of drug-likeness (QED) is 0.877. The molecular formula is C12H18N4OS. The zero-order chi connectivity index (χ0) is 13.0. The standard InChI is InChI=1S/C12H18N4OS/c1-9-8-10(15-12(13-2)14-9)11(17)16-4-3-6-18-7-5-16/h8H,3-7H2,1-2H3,(H,13,14,15). The molecule has 0 aromatic carbocycles. The first-order valence-electron chi connectivity index (χ1n) is 6.11. The summed E-state index contributed by atoms with van der Waals surface area (Å²) in [6.45, 7) is 3.50. The molecule has 1 aromatic rings. The Morgan fingerprint density at radius 3 is 3.00 bits per heavy atom. The number of nitrogens with one attached hydrogen (secondary N) is 1. The second kappa shape index (κ2) is 6.04. The molecule has 6 heteroatoms. The van der Waals surface area contributed by atoms with Crippen molar-refractivity contribution in [2.75, 3.05) is 37.0 Å². The van der Waals surface area contributed by atoms with Crippen molar-refractivity contribution in [1.82, 2.24) is 14.9 Å². The number of rotatable bonds is 2. The number of carbonyl (C=O) groups is 1. The summed E-state index contributed by atoms with van der Waals surface area (Å²) >= 11 is 1.90. The highest BCUT2D eigenvalue weighted by molar-refractivity contribution is 7.99. The summed E-state index contributed by atoms with van der Waals surface area (Å²) < 4.78 is 0. The Labute approximate surface area is 111 Å². The van der Waals surface area contributed by atoms with Crippen molar-refractivity contribution in [3.63, 3.8) is 0 Å². The first-order chi connectivity index (χ1) is 8.70. The van der Waals surface area contributed by atoms with Gasteiger partial charge < -0.3 is 10.2 Å². The van der Waals surface area contributed by atoms with Crippen LogP contribution in [0.4, 0.5) is 5.95 Å². The van der Waals surface area contributed by atoms with Crippen LogP contribution < -0.4 is 5.32 Å². The van der Waals surface area contributed by atoms with Crippen LogP contribution in [0.1, 0.15) is 22.6 Å². The normalized spacial score (nSPS) is 16.2. The third-order valence-electron chi connectivity index (χ3n) is 2.81. The third-order valence-corrected chi connectivity index (χ3v) is 3.86. The van der Waals surface area contributed by atoms with Gasteiger partial charge in [-0.1, -0.05) is 0 Å². The van der Waals surface area contributed by atoms with Gasteiger partial charge in [0.25, 0.3) is 5.91 Å². The van der Waals surface area contributed by atoms with E-state index in [0.717, 1.165) is 36.7 Å². The van der Waals surface area contributed by atoms with E-state index >= 15 is 0 Å². The average Bonchev–Trinajstić information content (AvgIpc) is 2.65. The van der Waals surface area contributed by atoms with Crippen molar-refractivity contribution in [3.05, 3.63) is 17.5 Å². The molecule has 1 N–H and O–H groups in total. The van der Waals surface area contributed by atoms with E-state index in [4.69, 9.17) is 0 Å². The molecule has 1 aliphatic rings. The SMILES string of the molecule is CNc1nc(C)cc(C(=O)N2CCCSCC2)n1. The molecule has 0 unspecified atom stereocenters. The van der Waals surface area contributed by atoms with E-state index in [0.29, 0.717) is 11.6 Å². The number of aromatic nitrogens is 2. The van der Waals surface area contributed by atoms with Gasteiger partial charge in [0.05, 0.1) is 0 Å². The van der Waals surface area contributed by atoms with E-state index < -0.39 is 0 Å². The molecule has 0 aliphatic carbocycles. The maximum atomic E-state index is 12.4. The third kappa shape index (κ3) is 3.13. The van der Waals surface area contributed by atoms with Gasteiger partial charge in [0.2, 0.25) is 5.95 Å². The fourth-order valence-electron chi connectivity index (χ4n) is 1.90. The molecule has 0 radical (unpaired) electrons. The Hall–Kier alpha value is -1.30. The molecule has 0 spiro atoms. The Balaban J connectivity index is 2.18. The lowest BCUT2D eigenvalue weighted by Gasteiger charge is -2.19. The summed E-state index contributed by atoms with van der Waals surface area (Å²) in [6, 6.07) is 1.75.